The van der Waals surface area contributed by atoms with Gasteiger partial charge < -0.3 is 10.2 Å². The minimum Gasteiger partial charge on any atom is -0.353 e. The Morgan fingerprint density at radius 1 is 1.29 bits per heavy atom. The number of hydrogen-bond acceptors (Lipinski definition) is 5. The zero-order valence-corrected chi connectivity index (χ0v) is 10.9. The van der Waals surface area contributed by atoms with Crippen LogP contribution in [0.15, 0.2) is 29.9 Å². The molecule has 17 heavy (non-hydrogen) atoms. The number of nitrogens with zero attached hydrogens (tertiary/aromatic N) is 3. The highest BCUT2D eigenvalue weighted by Crippen LogP contribution is 2.23. The van der Waals surface area contributed by atoms with Gasteiger partial charge in [0.2, 0.25) is 5.95 Å². The number of likely N-dealkylation sites (N-methyl/N-ethyl adjacent to an activating group) is 1. The number of aromatic nitrogens is 2. The highest BCUT2D eigenvalue weighted by Gasteiger charge is 2.00. The Bertz CT molecular complexity index is 436. The maximum atomic E-state index is 4.30. The molecule has 0 aromatic carbocycles. The van der Waals surface area contributed by atoms with Crippen LogP contribution >= 0.6 is 11.3 Å². The molecule has 0 aliphatic carbocycles. The number of thiophene rings is 1. The molecule has 2 aromatic heterocycles. The van der Waals surface area contributed by atoms with Gasteiger partial charge in [-0.1, -0.05) is 6.07 Å². The molecule has 2 heterocycles. The third-order valence-corrected chi connectivity index (χ3v) is 3.22. The van der Waals surface area contributed by atoms with Gasteiger partial charge in [0.05, 0.1) is 0 Å². The minimum atomic E-state index is 0.687. The molecule has 0 saturated heterocycles. The Morgan fingerprint density at radius 3 is 2.65 bits per heavy atom. The lowest BCUT2D eigenvalue weighted by Crippen LogP contribution is -2.21. The van der Waals surface area contributed by atoms with E-state index in [1.54, 1.807) is 11.3 Å². The molecule has 1 N–H and O–H groups in total. The van der Waals surface area contributed by atoms with Crippen LogP contribution in [0.5, 0.6) is 0 Å². The van der Waals surface area contributed by atoms with Crippen molar-refractivity contribution < 1.29 is 0 Å². The molecule has 0 fully saturated rings. The van der Waals surface area contributed by atoms with Gasteiger partial charge in [-0.2, -0.15) is 0 Å². The quantitative estimate of drug-likeness (QED) is 0.880. The smallest absolute Gasteiger partial charge is 0.222 e. The first-order valence-corrected chi connectivity index (χ1v) is 6.38. The van der Waals surface area contributed by atoms with Gasteiger partial charge >= 0.3 is 0 Å². The summed E-state index contributed by atoms with van der Waals surface area (Å²) >= 11 is 1.70. The predicted octanol–water partition coefficient (Wildman–Crippen LogP) is 2.18. The number of hydrogen-bond donors (Lipinski definition) is 1. The van der Waals surface area contributed by atoms with E-state index >= 15 is 0 Å². The molecule has 0 unspecified atom stereocenters. The van der Waals surface area contributed by atoms with E-state index in [-0.39, 0.29) is 0 Å². The van der Waals surface area contributed by atoms with Crippen LogP contribution in [0.25, 0.3) is 10.4 Å². The lowest BCUT2D eigenvalue weighted by atomic mass is 10.3. The summed E-state index contributed by atoms with van der Waals surface area (Å²) in [5.41, 5.74) is 1.07. The minimum absolute atomic E-state index is 0.687. The van der Waals surface area contributed by atoms with Crippen molar-refractivity contribution in [2.45, 2.75) is 0 Å². The fourth-order valence-electron chi connectivity index (χ4n) is 1.38. The molecule has 0 radical (unpaired) electrons. The number of anilines is 1. The van der Waals surface area contributed by atoms with E-state index in [4.69, 9.17) is 0 Å². The topological polar surface area (TPSA) is 41.0 Å². The van der Waals surface area contributed by atoms with Crippen LogP contribution in [0.3, 0.4) is 0 Å². The standard InChI is InChI=1S/C12H16N4S/c1-16(2)6-5-13-12-14-8-10(9-15-12)11-4-3-7-17-11/h3-4,7-9H,5-6H2,1-2H3,(H,13,14,15). The second kappa shape index (κ2) is 5.75. The maximum absolute atomic E-state index is 4.30. The fraction of sp³-hybridized carbons (Fsp3) is 0.333. The first-order valence-electron chi connectivity index (χ1n) is 5.50. The molecule has 90 valence electrons. The SMILES string of the molecule is CN(C)CCNc1ncc(-c2cccs2)cn1. The molecule has 0 spiro atoms. The third kappa shape index (κ3) is 3.51. The van der Waals surface area contributed by atoms with Crippen LogP contribution in [0.1, 0.15) is 0 Å². The molecular weight excluding hydrogens is 232 g/mol. The Kier molecular flexibility index (Phi) is 4.06. The largest absolute Gasteiger partial charge is 0.353 e. The summed E-state index contributed by atoms with van der Waals surface area (Å²) in [6.07, 6.45) is 3.72. The summed E-state index contributed by atoms with van der Waals surface area (Å²) in [6.45, 7) is 1.82. The van der Waals surface area contributed by atoms with Crippen molar-refractivity contribution in [3.63, 3.8) is 0 Å². The van der Waals surface area contributed by atoms with Gasteiger partial charge in [-0.05, 0) is 25.5 Å². The summed E-state index contributed by atoms with van der Waals surface area (Å²) in [5.74, 6) is 0.687. The first kappa shape index (κ1) is 12.0. The molecule has 4 nitrogen and oxygen atoms in total. The van der Waals surface area contributed by atoms with Crippen LogP contribution < -0.4 is 5.32 Å². The van der Waals surface area contributed by atoms with Crippen molar-refractivity contribution >= 4 is 17.3 Å². The van der Waals surface area contributed by atoms with Crippen molar-refractivity contribution in [3.8, 4) is 10.4 Å². The van der Waals surface area contributed by atoms with Gasteiger partial charge in [-0.25, -0.2) is 9.97 Å². The maximum Gasteiger partial charge on any atom is 0.222 e. The van der Waals surface area contributed by atoms with Gasteiger partial charge in [0.1, 0.15) is 0 Å². The van der Waals surface area contributed by atoms with E-state index in [1.807, 2.05) is 32.6 Å². The molecule has 0 amide bonds. The Balaban J connectivity index is 1.94. The molecule has 2 aromatic rings. The molecule has 0 saturated carbocycles. The van der Waals surface area contributed by atoms with Crippen molar-refractivity contribution in [3.05, 3.63) is 29.9 Å². The summed E-state index contributed by atoms with van der Waals surface area (Å²) in [6, 6.07) is 4.10. The second-order valence-electron chi connectivity index (χ2n) is 4.00. The van der Waals surface area contributed by atoms with Crippen molar-refractivity contribution in [2.24, 2.45) is 0 Å². The highest BCUT2D eigenvalue weighted by atomic mass is 32.1. The van der Waals surface area contributed by atoms with Crippen molar-refractivity contribution in [2.75, 3.05) is 32.5 Å². The lowest BCUT2D eigenvalue weighted by Gasteiger charge is -2.10. The Hall–Kier alpha value is -1.46. The molecule has 5 heteroatoms. The average molecular weight is 248 g/mol. The molecule has 2 rings (SSSR count). The summed E-state index contributed by atoms with van der Waals surface area (Å²) in [5, 5.41) is 5.24. The molecule has 0 aliphatic heterocycles. The molecule has 0 aliphatic rings. The molecule has 0 atom stereocenters. The van der Waals surface area contributed by atoms with E-state index in [2.05, 4.69) is 31.6 Å². The number of nitrogens with one attached hydrogen (secondary N) is 1. The summed E-state index contributed by atoms with van der Waals surface area (Å²) in [4.78, 5) is 11.9. The summed E-state index contributed by atoms with van der Waals surface area (Å²) in [7, 11) is 4.09. The van der Waals surface area contributed by atoms with E-state index in [0.717, 1.165) is 18.7 Å². The first-order chi connectivity index (χ1) is 8.25. The van der Waals surface area contributed by atoms with E-state index in [1.165, 1.54) is 4.88 Å². The Morgan fingerprint density at radius 2 is 2.06 bits per heavy atom. The monoisotopic (exact) mass is 248 g/mol. The van der Waals surface area contributed by atoms with E-state index in [9.17, 15) is 0 Å². The van der Waals surface area contributed by atoms with Gasteiger partial charge in [0.15, 0.2) is 0 Å². The van der Waals surface area contributed by atoms with Crippen LogP contribution in [-0.2, 0) is 0 Å². The molecular formula is C12H16N4S. The van der Waals surface area contributed by atoms with E-state index in [0.29, 0.717) is 5.95 Å². The predicted molar refractivity (Wildman–Crippen MR) is 72.4 cm³/mol. The molecule has 0 bridgehead atoms. The second-order valence-corrected chi connectivity index (χ2v) is 4.95. The zero-order chi connectivity index (χ0) is 12.1. The van der Waals surface area contributed by atoms with Crippen molar-refractivity contribution in [1.82, 2.24) is 14.9 Å². The van der Waals surface area contributed by atoms with Gasteiger partial charge in [-0.15, -0.1) is 11.3 Å². The summed E-state index contributed by atoms with van der Waals surface area (Å²) < 4.78 is 0. The van der Waals surface area contributed by atoms with Crippen LogP contribution in [0, 0.1) is 0 Å². The normalized spacial score (nSPS) is 10.8. The van der Waals surface area contributed by atoms with Crippen LogP contribution in [0.2, 0.25) is 0 Å². The van der Waals surface area contributed by atoms with Crippen molar-refractivity contribution in [1.29, 1.82) is 0 Å². The zero-order valence-electron chi connectivity index (χ0n) is 10.1. The van der Waals surface area contributed by atoms with Gasteiger partial charge in [0.25, 0.3) is 0 Å². The highest BCUT2D eigenvalue weighted by molar-refractivity contribution is 7.13. The van der Waals surface area contributed by atoms with E-state index < -0.39 is 0 Å². The lowest BCUT2D eigenvalue weighted by molar-refractivity contribution is 0.425. The fourth-order valence-corrected chi connectivity index (χ4v) is 2.08. The van der Waals surface area contributed by atoms with Gasteiger partial charge in [-0.3, -0.25) is 0 Å². The van der Waals surface area contributed by atoms with Crippen LogP contribution in [0.4, 0.5) is 5.95 Å². The average Bonchev–Trinajstić information content (AvgIpc) is 2.83. The van der Waals surface area contributed by atoms with Crippen LogP contribution in [-0.4, -0.2) is 42.1 Å². The number of rotatable bonds is 5. The third-order valence-electron chi connectivity index (χ3n) is 2.30. The van der Waals surface area contributed by atoms with Gasteiger partial charge in [0, 0.05) is 35.9 Å². The Labute approximate surface area is 105 Å².